The van der Waals surface area contributed by atoms with Crippen LogP contribution < -0.4 is 10.6 Å². The van der Waals surface area contributed by atoms with E-state index in [1.54, 1.807) is 31.2 Å². The first-order valence-corrected chi connectivity index (χ1v) is 6.36. The number of hydrogen-bond acceptors (Lipinski definition) is 3. The predicted octanol–water partition coefficient (Wildman–Crippen LogP) is 0.692. The van der Waals surface area contributed by atoms with Gasteiger partial charge in [0.2, 0.25) is 5.91 Å². The van der Waals surface area contributed by atoms with E-state index in [-0.39, 0.29) is 18.4 Å². The molecule has 0 fully saturated rings. The Morgan fingerprint density at radius 1 is 1.26 bits per heavy atom. The Hall–Kier alpha value is -1.88. The van der Waals surface area contributed by atoms with E-state index in [2.05, 4.69) is 10.6 Å². The van der Waals surface area contributed by atoms with Crippen molar-refractivity contribution in [2.45, 2.75) is 32.4 Å². The zero-order chi connectivity index (χ0) is 14.3. The topological polar surface area (TPSA) is 78.4 Å². The Bertz CT molecular complexity index is 420. The summed E-state index contributed by atoms with van der Waals surface area (Å²) in [5.74, 6) is -0.601. The lowest BCUT2D eigenvalue weighted by atomic mass is 10.2. The molecule has 0 saturated heterocycles. The molecule has 2 amide bonds. The lowest BCUT2D eigenvalue weighted by Gasteiger charge is -2.15. The molecule has 19 heavy (non-hydrogen) atoms. The standard InChI is InChI=1S/C14H20N2O3/c1-3-12(17)9-15-13(18)10(2)16-14(19)11-7-5-4-6-8-11/h4-8,10,12,17H,3,9H2,1-2H3,(H,15,18)(H,16,19). The molecular weight excluding hydrogens is 244 g/mol. The summed E-state index contributed by atoms with van der Waals surface area (Å²) < 4.78 is 0. The molecule has 0 heterocycles. The van der Waals surface area contributed by atoms with Crippen LogP contribution in [-0.4, -0.2) is 35.6 Å². The number of carbonyl (C=O) groups excluding carboxylic acids is 2. The number of nitrogens with one attached hydrogen (secondary N) is 2. The predicted molar refractivity (Wildman–Crippen MR) is 72.7 cm³/mol. The first-order valence-electron chi connectivity index (χ1n) is 6.36. The third-order valence-electron chi connectivity index (χ3n) is 2.76. The quantitative estimate of drug-likeness (QED) is 0.707. The van der Waals surface area contributed by atoms with Gasteiger partial charge in [0, 0.05) is 12.1 Å². The van der Waals surface area contributed by atoms with Crippen molar-refractivity contribution in [1.29, 1.82) is 0 Å². The van der Waals surface area contributed by atoms with Crippen LogP contribution in [0.25, 0.3) is 0 Å². The first-order chi connectivity index (χ1) is 9.04. The summed E-state index contributed by atoms with van der Waals surface area (Å²) >= 11 is 0. The summed E-state index contributed by atoms with van der Waals surface area (Å²) in [6.45, 7) is 3.63. The smallest absolute Gasteiger partial charge is 0.251 e. The van der Waals surface area contributed by atoms with Crippen LogP contribution in [0, 0.1) is 0 Å². The second kappa shape index (κ2) is 7.53. The molecule has 1 aromatic carbocycles. The molecule has 2 atom stereocenters. The molecular formula is C14H20N2O3. The van der Waals surface area contributed by atoms with E-state index in [9.17, 15) is 14.7 Å². The minimum atomic E-state index is -0.642. The van der Waals surface area contributed by atoms with Gasteiger partial charge in [0.15, 0.2) is 0 Å². The van der Waals surface area contributed by atoms with Crippen LogP contribution in [0.3, 0.4) is 0 Å². The van der Waals surface area contributed by atoms with Gasteiger partial charge in [-0.15, -0.1) is 0 Å². The van der Waals surface area contributed by atoms with Gasteiger partial charge in [-0.05, 0) is 25.5 Å². The summed E-state index contributed by atoms with van der Waals surface area (Å²) in [5.41, 5.74) is 0.510. The Morgan fingerprint density at radius 3 is 2.47 bits per heavy atom. The van der Waals surface area contributed by atoms with Crippen molar-refractivity contribution >= 4 is 11.8 Å². The van der Waals surface area contributed by atoms with Gasteiger partial charge in [0.1, 0.15) is 6.04 Å². The lowest BCUT2D eigenvalue weighted by molar-refractivity contribution is -0.123. The average molecular weight is 264 g/mol. The molecule has 1 rings (SSSR count). The van der Waals surface area contributed by atoms with Crippen molar-refractivity contribution in [2.24, 2.45) is 0 Å². The molecule has 104 valence electrons. The van der Waals surface area contributed by atoms with Crippen molar-refractivity contribution in [3.05, 3.63) is 35.9 Å². The molecule has 1 aromatic rings. The van der Waals surface area contributed by atoms with Crippen LogP contribution in [0.5, 0.6) is 0 Å². The summed E-state index contributed by atoms with van der Waals surface area (Å²) in [4.78, 5) is 23.5. The van der Waals surface area contributed by atoms with Crippen molar-refractivity contribution in [3.8, 4) is 0 Å². The third kappa shape index (κ3) is 5.09. The monoisotopic (exact) mass is 264 g/mol. The highest BCUT2D eigenvalue weighted by molar-refractivity contribution is 5.97. The van der Waals surface area contributed by atoms with E-state index in [1.165, 1.54) is 0 Å². The van der Waals surface area contributed by atoms with E-state index in [0.29, 0.717) is 12.0 Å². The summed E-state index contributed by atoms with van der Waals surface area (Å²) in [7, 11) is 0. The van der Waals surface area contributed by atoms with Crippen molar-refractivity contribution in [1.82, 2.24) is 10.6 Å². The van der Waals surface area contributed by atoms with Crippen LogP contribution in [0.15, 0.2) is 30.3 Å². The zero-order valence-corrected chi connectivity index (χ0v) is 11.2. The molecule has 0 spiro atoms. The molecule has 0 aliphatic heterocycles. The molecule has 0 bridgehead atoms. The highest BCUT2D eigenvalue weighted by Crippen LogP contribution is 1.99. The minimum absolute atomic E-state index is 0.195. The molecule has 3 N–H and O–H groups in total. The van der Waals surface area contributed by atoms with Gasteiger partial charge in [-0.25, -0.2) is 0 Å². The molecule has 0 aliphatic rings. The number of rotatable bonds is 6. The van der Waals surface area contributed by atoms with Crippen LogP contribution in [0.4, 0.5) is 0 Å². The Balaban J connectivity index is 2.44. The van der Waals surface area contributed by atoms with Crippen LogP contribution >= 0.6 is 0 Å². The highest BCUT2D eigenvalue weighted by atomic mass is 16.3. The second-order valence-corrected chi connectivity index (χ2v) is 4.37. The number of aliphatic hydroxyl groups is 1. The highest BCUT2D eigenvalue weighted by Gasteiger charge is 2.16. The van der Waals surface area contributed by atoms with E-state index in [0.717, 1.165) is 0 Å². The normalized spacial score (nSPS) is 13.4. The first kappa shape index (κ1) is 15.2. The van der Waals surface area contributed by atoms with Gasteiger partial charge in [0.05, 0.1) is 6.10 Å². The Labute approximate surface area is 113 Å². The van der Waals surface area contributed by atoms with E-state index in [1.807, 2.05) is 13.0 Å². The number of carbonyl (C=O) groups is 2. The maximum atomic E-state index is 11.8. The maximum absolute atomic E-state index is 11.8. The van der Waals surface area contributed by atoms with Gasteiger partial charge in [-0.2, -0.15) is 0 Å². The summed E-state index contributed by atoms with van der Waals surface area (Å²) in [6, 6.07) is 8.06. The lowest BCUT2D eigenvalue weighted by Crippen LogP contribution is -2.46. The number of amides is 2. The van der Waals surface area contributed by atoms with Crippen LogP contribution in [0.2, 0.25) is 0 Å². The molecule has 5 heteroatoms. The van der Waals surface area contributed by atoms with Crippen molar-refractivity contribution in [2.75, 3.05) is 6.54 Å². The van der Waals surface area contributed by atoms with Gasteiger partial charge in [-0.3, -0.25) is 9.59 Å². The molecule has 0 radical (unpaired) electrons. The van der Waals surface area contributed by atoms with Gasteiger partial charge in [-0.1, -0.05) is 25.1 Å². The fourth-order valence-corrected chi connectivity index (χ4v) is 1.45. The minimum Gasteiger partial charge on any atom is -0.391 e. The van der Waals surface area contributed by atoms with Crippen LogP contribution in [0.1, 0.15) is 30.6 Å². The zero-order valence-electron chi connectivity index (χ0n) is 11.2. The van der Waals surface area contributed by atoms with Crippen molar-refractivity contribution in [3.63, 3.8) is 0 Å². The van der Waals surface area contributed by atoms with Gasteiger partial charge >= 0.3 is 0 Å². The fraction of sp³-hybridized carbons (Fsp3) is 0.429. The Morgan fingerprint density at radius 2 is 1.89 bits per heavy atom. The van der Waals surface area contributed by atoms with Crippen LogP contribution in [-0.2, 0) is 4.79 Å². The summed E-state index contributed by atoms with van der Waals surface area (Å²) in [6.07, 6.45) is 0.0198. The molecule has 0 aliphatic carbocycles. The Kier molecular flexibility index (Phi) is 6.02. The van der Waals surface area contributed by atoms with E-state index >= 15 is 0 Å². The SMILES string of the molecule is CCC(O)CNC(=O)C(C)NC(=O)c1ccccc1. The second-order valence-electron chi connectivity index (χ2n) is 4.37. The fourth-order valence-electron chi connectivity index (χ4n) is 1.45. The third-order valence-corrected chi connectivity index (χ3v) is 2.76. The van der Waals surface area contributed by atoms with E-state index in [4.69, 9.17) is 0 Å². The van der Waals surface area contributed by atoms with Gasteiger partial charge in [0.25, 0.3) is 5.91 Å². The van der Waals surface area contributed by atoms with E-state index < -0.39 is 12.1 Å². The molecule has 2 unspecified atom stereocenters. The number of benzene rings is 1. The molecule has 0 aromatic heterocycles. The van der Waals surface area contributed by atoms with Gasteiger partial charge < -0.3 is 15.7 Å². The largest absolute Gasteiger partial charge is 0.391 e. The average Bonchev–Trinajstić information content (AvgIpc) is 2.44. The molecule has 0 saturated carbocycles. The summed E-state index contributed by atoms with van der Waals surface area (Å²) in [5, 5.41) is 14.5. The molecule has 5 nitrogen and oxygen atoms in total. The van der Waals surface area contributed by atoms with Crippen molar-refractivity contribution < 1.29 is 14.7 Å². The number of aliphatic hydroxyl groups excluding tert-OH is 1. The number of hydrogen-bond donors (Lipinski definition) is 3. The maximum Gasteiger partial charge on any atom is 0.251 e.